The van der Waals surface area contributed by atoms with Gasteiger partial charge in [0.1, 0.15) is 0 Å². The second-order valence-electron chi connectivity index (χ2n) is 1.32. The number of hydrogen-bond donors (Lipinski definition) is 0. The Morgan fingerprint density at radius 1 is 1.62 bits per heavy atom. The molecule has 0 fully saturated rings. The first-order valence-corrected chi connectivity index (χ1v) is 2.65. The van der Waals surface area contributed by atoms with Crippen LogP contribution in [0.15, 0.2) is 29.9 Å². The van der Waals surface area contributed by atoms with Gasteiger partial charge in [0.15, 0.2) is 0 Å². The van der Waals surface area contributed by atoms with Gasteiger partial charge in [-0.2, -0.15) is 0 Å². The molecule has 0 rings (SSSR count). The Kier molecular flexibility index (Phi) is 5.50. The maximum Gasteiger partial charge on any atom is 0.0192 e. The molecule has 8 heavy (non-hydrogen) atoms. The molecular formula is C7H11N. The Morgan fingerprint density at radius 3 is 2.88 bits per heavy atom. The van der Waals surface area contributed by atoms with E-state index >= 15 is 0 Å². The molecule has 0 saturated carbocycles. The van der Waals surface area contributed by atoms with Crippen LogP contribution in [0.2, 0.25) is 0 Å². The third-order valence-electron chi connectivity index (χ3n) is 0.688. The number of nitrogens with zero attached hydrogens (tertiary/aromatic N) is 1. The zero-order valence-electron chi connectivity index (χ0n) is 5.17. The molecule has 0 aliphatic rings. The van der Waals surface area contributed by atoms with E-state index in [0.29, 0.717) is 0 Å². The summed E-state index contributed by atoms with van der Waals surface area (Å²) in [7, 11) is 0. The molecule has 0 heterocycles. The van der Waals surface area contributed by atoms with E-state index in [1.807, 2.05) is 25.3 Å². The summed E-state index contributed by atoms with van der Waals surface area (Å²) >= 11 is 0. The predicted molar refractivity (Wildman–Crippen MR) is 38.1 cm³/mol. The molecule has 0 amide bonds. The van der Waals surface area contributed by atoms with Crippen molar-refractivity contribution in [1.29, 1.82) is 0 Å². The SMILES string of the molecule is C=CN=CC/C=C\C. The van der Waals surface area contributed by atoms with Gasteiger partial charge in [-0.25, -0.2) is 0 Å². The molecule has 1 heteroatoms. The van der Waals surface area contributed by atoms with E-state index in [-0.39, 0.29) is 0 Å². The predicted octanol–water partition coefficient (Wildman–Crippen LogP) is 2.17. The minimum Gasteiger partial charge on any atom is -0.269 e. The summed E-state index contributed by atoms with van der Waals surface area (Å²) in [6.45, 7) is 5.42. The molecule has 0 spiro atoms. The minimum atomic E-state index is 0.905. The fraction of sp³-hybridized carbons (Fsp3) is 0.286. The van der Waals surface area contributed by atoms with Gasteiger partial charge in [0, 0.05) is 18.8 Å². The molecule has 0 unspecified atom stereocenters. The molecule has 0 atom stereocenters. The van der Waals surface area contributed by atoms with E-state index in [0.717, 1.165) is 6.42 Å². The normalized spacial score (nSPS) is 11.1. The highest BCUT2D eigenvalue weighted by Gasteiger charge is 1.63. The monoisotopic (exact) mass is 109 g/mol. The van der Waals surface area contributed by atoms with Gasteiger partial charge in [-0.05, 0) is 6.92 Å². The smallest absolute Gasteiger partial charge is 0.0192 e. The van der Waals surface area contributed by atoms with Crippen molar-refractivity contribution < 1.29 is 0 Å². The van der Waals surface area contributed by atoms with Crippen LogP contribution >= 0.6 is 0 Å². The van der Waals surface area contributed by atoms with Crippen LogP contribution in [0.25, 0.3) is 0 Å². The third kappa shape index (κ3) is 5.15. The highest BCUT2D eigenvalue weighted by atomic mass is 14.6. The topological polar surface area (TPSA) is 12.4 Å². The average molecular weight is 109 g/mol. The largest absolute Gasteiger partial charge is 0.269 e. The van der Waals surface area contributed by atoms with Crippen molar-refractivity contribution in [2.75, 3.05) is 0 Å². The molecule has 0 bridgehead atoms. The summed E-state index contributed by atoms with van der Waals surface area (Å²) in [6, 6.07) is 0. The summed E-state index contributed by atoms with van der Waals surface area (Å²) in [4.78, 5) is 3.80. The van der Waals surface area contributed by atoms with Gasteiger partial charge < -0.3 is 0 Å². The quantitative estimate of drug-likeness (QED) is 0.389. The summed E-state index contributed by atoms with van der Waals surface area (Å²) < 4.78 is 0. The Morgan fingerprint density at radius 2 is 2.38 bits per heavy atom. The second kappa shape index (κ2) is 6.15. The first kappa shape index (κ1) is 7.15. The molecule has 0 aromatic rings. The van der Waals surface area contributed by atoms with Crippen LogP contribution in [0.1, 0.15) is 13.3 Å². The van der Waals surface area contributed by atoms with Crippen molar-refractivity contribution in [3.63, 3.8) is 0 Å². The first-order valence-electron chi connectivity index (χ1n) is 2.65. The molecule has 0 aliphatic heterocycles. The molecule has 0 saturated heterocycles. The van der Waals surface area contributed by atoms with Gasteiger partial charge in [0.2, 0.25) is 0 Å². The van der Waals surface area contributed by atoms with E-state index < -0.39 is 0 Å². The maximum atomic E-state index is 3.80. The molecular weight excluding hydrogens is 98.1 g/mol. The Balaban J connectivity index is 3.15. The van der Waals surface area contributed by atoms with Crippen LogP contribution in [0.4, 0.5) is 0 Å². The van der Waals surface area contributed by atoms with Gasteiger partial charge >= 0.3 is 0 Å². The van der Waals surface area contributed by atoms with Gasteiger partial charge in [-0.1, -0.05) is 18.7 Å². The van der Waals surface area contributed by atoms with Crippen LogP contribution in [-0.2, 0) is 0 Å². The van der Waals surface area contributed by atoms with E-state index in [4.69, 9.17) is 0 Å². The minimum absolute atomic E-state index is 0.905. The van der Waals surface area contributed by atoms with E-state index in [9.17, 15) is 0 Å². The van der Waals surface area contributed by atoms with Crippen LogP contribution in [0.5, 0.6) is 0 Å². The Labute approximate surface area is 50.4 Å². The molecule has 0 aromatic heterocycles. The van der Waals surface area contributed by atoms with Crippen LogP contribution in [-0.4, -0.2) is 6.21 Å². The highest BCUT2D eigenvalue weighted by molar-refractivity contribution is 5.59. The zero-order chi connectivity index (χ0) is 6.24. The lowest BCUT2D eigenvalue weighted by Gasteiger charge is -1.74. The van der Waals surface area contributed by atoms with E-state index in [1.165, 1.54) is 6.20 Å². The average Bonchev–Trinajstić information content (AvgIpc) is 1.81. The number of rotatable bonds is 3. The highest BCUT2D eigenvalue weighted by Crippen LogP contribution is 1.76. The first-order chi connectivity index (χ1) is 3.91. The fourth-order valence-corrected chi connectivity index (χ4v) is 0.332. The van der Waals surface area contributed by atoms with Gasteiger partial charge in [-0.3, -0.25) is 4.99 Å². The van der Waals surface area contributed by atoms with E-state index in [1.54, 1.807) is 0 Å². The number of aliphatic imine (C=N–C) groups is 1. The molecule has 0 aliphatic carbocycles. The van der Waals surface area contributed by atoms with Crippen LogP contribution in [0.3, 0.4) is 0 Å². The third-order valence-corrected chi connectivity index (χ3v) is 0.688. The standard InChI is InChI=1S/C7H11N/c1-3-5-6-7-8-4-2/h3-5,7H,2,6H2,1H3/b5-3-,8-7?. The number of allylic oxidation sites excluding steroid dienone is 2. The fourth-order valence-electron chi connectivity index (χ4n) is 0.332. The van der Waals surface area contributed by atoms with Crippen LogP contribution in [0, 0.1) is 0 Å². The molecule has 44 valence electrons. The molecule has 0 aromatic carbocycles. The van der Waals surface area contributed by atoms with E-state index in [2.05, 4.69) is 11.6 Å². The van der Waals surface area contributed by atoms with Crippen molar-refractivity contribution in [3.05, 3.63) is 24.9 Å². The number of hydrogen-bond acceptors (Lipinski definition) is 1. The van der Waals surface area contributed by atoms with Crippen molar-refractivity contribution >= 4 is 6.21 Å². The van der Waals surface area contributed by atoms with Crippen molar-refractivity contribution in [1.82, 2.24) is 0 Å². The lowest BCUT2D eigenvalue weighted by Crippen LogP contribution is -1.64. The molecule has 1 nitrogen and oxygen atoms in total. The summed E-state index contributed by atoms with van der Waals surface area (Å²) in [5.41, 5.74) is 0. The summed E-state index contributed by atoms with van der Waals surface area (Å²) in [5.74, 6) is 0. The Hall–Kier alpha value is -0.850. The summed E-state index contributed by atoms with van der Waals surface area (Å²) in [5, 5.41) is 0. The van der Waals surface area contributed by atoms with Crippen molar-refractivity contribution in [3.8, 4) is 0 Å². The summed E-state index contributed by atoms with van der Waals surface area (Å²) in [6.07, 6.45) is 8.28. The maximum absolute atomic E-state index is 3.80. The lowest BCUT2D eigenvalue weighted by molar-refractivity contribution is 1.46. The second-order valence-corrected chi connectivity index (χ2v) is 1.32. The zero-order valence-corrected chi connectivity index (χ0v) is 5.17. The van der Waals surface area contributed by atoms with Crippen molar-refractivity contribution in [2.24, 2.45) is 4.99 Å². The van der Waals surface area contributed by atoms with Gasteiger partial charge in [-0.15, -0.1) is 0 Å². The Bertz CT molecular complexity index is 101. The molecule has 0 N–H and O–H groups in total. The molecule has 0 radical (unpaired) electrons. The van der Waals surface area contributed by atoms with Gasteiger partial charge in [0.05, 0.1) is 0 Å². The van der Waals surface area contributed by atoms with Gasteiger partial charge in [0.25, 0.3) is 0 Å². The van der Waals surface area contributed by atoms with Crippen LogP contribution < -0.4 is 0 Å². The lowest BCUT2D eigenvalue weighted by atomic mass is 10.4. The van der Waals surface area contributed by atoms with Crippen molar-refractivity contribution in [2.45, 2.75) is 13.3 Å².